The van der Waals surface area contributed by atoms with E-state index in [1.165, 1.54) is 17.1 Å². The van der Waals surface area contributed by atoms with Crippen molar-refractivity contribution in [1.29, 1.82) is 0 Å². The number of hydrogen-bond acceptors (Lipinski definition) is 6. The van der Waals surface area contributed by atoms with Gasteiger partial charge in [-0.15, -0.1) is 0 Å². The second-order valence-corrected chi connectivity index (χ2v) is 16.9. The maximum absolute atomic E-state index is 11.6. The van der Waals surface area contributed by atoms with E-state index in [2.05, 4.69) is 108 Å². The molecule has 2 aliphatic heterocycles. The van der Waals surface area contributed by atoms with Gasteiger partial charge in [0.05, 0.1) is 51.9 Å². The van der Waals surface area contributed by atoms with Crippen LogP contribution >= 0.6 is 0 Å². The van der Waals surface area contributed by atoms with E-state index in [9.17, 15) is 10.2 Å². The van der Waals surface area contributed by atoms with Gasteiger partial charge in [-0.1, -0.05) is 81.2 Å². The second kappa shape index (κ2) is 12.7. The summed E-state index contributed by atoms with van der Waals surface area (Å²) >= 11 is 0. The summed E-state index contributed by atoms with van der Waals surface area (Å²) in [6.45, 7) is 24.5. The van der Waals surface area contributed by atoms with Crippen LogP contribution in [0, 0.1) is 0 Å². The molecule has 2 atom stereocenters. The Hall–Kier alpha value is -3.35. The molecule has 2 fully saturated rings. The molecular weight excluding hydrogens is 570 g/mol. The lowest BCUT2D eigenvalue weighted by Crippen LogP contribution is -2.33. The first-order valence-electron chi connectivity index (χ1n) is 17.3. The van der Waals surface area contributed by atoms with Crippen molar-refractivity contribution < 1.29 is 14.8 Å². The van der Waals surface area contributed by atoms with Crippen molar-refractivity contribution in [3.05, 3.63) is 57.6 Å². The van der Waals surface area contributed by atoms with Crippen LogP contribution in [0.5, 0.6) is 11.5 Å². The Bertz CT molecular complexity index is 1530. The maximum atomic E-state index is 11.6. The summed E-state index contributed by atoms with van der Waals surface area (Å²) in [6, 6.07) is 8.58. The largest absolute Gasteiger partial charge is 0.507 e. The van der Waals surface area contributed by atoms with Crippen molar-refractivity contribution in [1.82, 2.24) is 9.80 Å². The van der Waals surface area contributed by atoms with Crippen molar-refractivity contribution in [2.45, 2.75) is 123 Å². The highest BCUT2D eigenvalue weighted by Gasteiger charge is 2.40. The van der Waals surface area contributed by atoms with Crippen molar-refractivity contribution in [3.8, 4) is 11.5 Å². The molecule has 46 heavy (non-hydrogen) atoms. The topological polar surface area (TPSA) is 74.7 Å². The number of hydrogen-bond donors (Lipinski definition) is 2. The molecule has 2 heterocycles. The van der Waals surface area contributed by atoms with Crippen LogP contribution in [0.3, 0.4) is 0 Å². The number of phenolic OH excluding ortho intramolecular Hbond substituents is 2. The minimum atomic E-state index is -0.187. The van der Waals surface area contributed by atoms with Gasteiger partial charge in [0.1, 0.15) is 11.5 Å². The third-order valence-electron chi connectivity index (χ3n) is 10.0. The minimum absolute atomic E-state index is 0.0241. The third kappa shape index (κ3) is 7.29. The minimum Gasteiger partial charge on any atom is -0.507 e. The van der Waals surface area contributed by atoms with Crippen LogP contribution in [-0.4, -0.2) is 88.3 Å². The number of phenols is 2. The molecule has 5 rings (SSSR count). The number of nitrogens with zero attached hydrogens (tertiary/aromatic N) is 5. The van der Waals surface area contributed by atoms with Gasteiger partial charge in [0.25, 0.3) is 0 Å². The Morgan fingerprint density at radius 1 is 0.739 bits per heavy atom. The Kier molecular flexibility index (Phi) is 9.38. The molecule has 1 saturated carbocycles. The number of aliphatic imine (C=N–C) groups is 2. The molecule has 0 aromatic heterocycles. The molecule has 0 bridgehead atoms. The van der Waals surface area contributed by atoms with Gasteiger partial charge in [-0.3, -0.25) is 24.4 Å². The number of aromatic hydroxyl groups is 2. The maximum Gasteiger partial charge on any atom is 0.350 e. The van der Waals surface area contributed by atoms with Gasteiger partial charge in [0.15, 0.2) is 0 Å². The highest BCUT2D eigenvalue weighted by molar-refractivity contribution is 5.86. The fourth-order valence-electron chi connectivity index (χ4n) is 6.98. The molecule has 0 radical (unpaired) electrons. The number of likely N-dealkylation sites (N-methyl/N-ethyl adjacent to an activating group) is 1. The summed E-state index contributed by atoms with van der Waals surface area (Å²) in [5.74, 6) is 1.91. The lowest BCUT2D eigenvalue weighted by atomic mass is 9.79. The molecule has 0 spiro atoms. The van der Waals surface area contributed by atoms with E-state index in [1.54, 1.807) is 0 Å². The average molecular weight is 629 g/mol. The summed E-state index contributed by atoms with van der Waals surface area (Å²) in [4.78, 5) is 15.0. The lowest BCUT2D eigenvalue weighted by molar-refractivity contribution is -0.491. The molecule has 2 unspecified atom stereocenters. The zero-order chi connectivity index (χ0) is 33.6. The van der Waals surface area contributed by atoms with Gasteiger partial charge in [0, 0.05) is 34.7 Å². The van der Waals surface area contributed by atoms with E-state index in [4.69, 9.17) is 9.98 Å². The molecule has 0 amide bonds. The number of benzene rings is 2. The van der Waals surface area contributed by atoms with Gasteiger partial charge in [0.2, 0.25) is 0 Å². The van der Waals surface area contributed by atoms with Crippen molar-refractivity contribution in [3.63, 3.8) is 0 Å². The molecule has 1 aliphatic carbocycles. The normalized spacial score (nSPS) is 21.3. The van der Waals surface area contributed by atoms with Crippen LogP contribution in [0.4, 0.5) is 0 Å². The Morgan fingerprint density at radius 3 is 1.83 bits per heavy atom. The number of guanidine groups is 1. The molecule has 1 saturated heterocycles. The monoisotopic (exact) mass is 628 g/mol. The fourth-order valence-corrected chi connectivity index (χ4v) is 6.98. The molecular formula is C39H58N5O2+. The van der Waals surface area contributed by atoms with E-state index in [1.807, 2.05) is 12.4 Å². The first-order valence-corrected chi connectivity index (χ1v) is 17.3. The van der Waals surface area contributed by atoms with Crippen LogP contribution in [0.2, 0.25) is 0 Å². The lowest BCUT2D eigenvalue weighted by Gasteiger charge is -2.28. The van der Waals surface area contributed by atoms with Crippen LogP contribution in [0.15, 0.2) is 34.3 Å². The molecule has 3 aliphatic rings. The highest BCUT2D eigenvalue weighted by Crippen LogP contribution is 2.38. The Morgan fingerprint density at radius 2 is 1.28 bits per heavy atom. The molecule has 2 N–H and O–H groups in total. The smallest absolute Gasteiger partial charge is 0.350 e. The zero-order valence-electron chi connectivity index (χ0n) is 30.1. The van der Waals surface area contributed by atoms with E-state index >= 15 is 0 Å². The summed E-state index contributed by atoms with van der Waals surface area (Å²) in [5, 5.41) is 22.9. The van der Waals surface area contributed by atoms with E-state index in [0.717, 1.165) is 74.1 Å². The second-order valence-electron chi connectivity index (χ2n) is 16.9. The quantitative estimate of drug-likeness (QED) is 0.268. The summed E-state index contributed by atoms with van der Waals surface area (Å²) in [5.41, 5.74) is 5.55. The predicted octanol–water partition coefficient (Wildman–Crippen LogP) is 6.97. The van der Waals surface area contributed by atoms with Gasteiger partial charge in [-0.25, -0.2) is 0 Å². The Labute approximate surface area is 277 Å². The van der Waals surface area contributed by atoms with E-state index in [-0.39, 0.29) is 28.3 Å². The van der Waals surface area contributed by atoms with Crippen molar-refractivity contribution in [2.75, 3.05) is 33.2 Å². The van der Waals surface area contributed by atoms with Crippen molar-refractivity contribution >= 4 is 18.4 Å². The first-order chi connectivity index (χ1) is 21.4. The van der Waals surface area contributed by atoms with Gasteiger partial charge in [-0.2, -0.15) is 0 Å². The van der Waals surface area contributed by atoms with Crippen LogP contribution in [0.1, 0.15) is 121 Å². The summed E-state index contributed by atoms with van der Waals surface area (Å²) in [7, 11) is 2.16. The molecule has 250 valence electrons. The highest BCUT2D eigenvalue weighted by atomic mass is 16.3. The van der Waals surface area contributed by atoms with Crippen LogP contribution in [-0.2, 0) is 22.8 Å². The molecule has 2 aromatic rings. The molecule has 7 heteroatoms. The first kappa shape index (κ1) is 34.0. The standard InChI is InChI=1S/C39H57N5O2/c1-37(2,3)29-19-26(34(45)28(21-29)25-44-18-17-43-16-15-42(10)36(43)44)23-40-32-13-11-12-14-33(32)41-24-27-20-30(38(4,5)6)22-31(35(27)46)39(7,8)9/h19-24,32-33H,11-18,25H2,1-10H3,(H-,40,41,45,46)/p+1. The van der Waals surface area contributed by atoms with E-state index in [0.29, 0.717) is 18.0 Å². The van der Waals surface area contributed by atoms with Crippen molar-refractivity contribution in [2.24, 2.45) is 9.98 Å². The van der Waals surface area contributed by atoms with Gasteiger partial charge >= 0.3 is 5.96 Å². The average Bonchev–Trinajstić information content (AvgIpc) is 3.54. The zero-order valence-corrected chi connectivity index (χ0v) is 30.1. The molecule has 2 aromatic carbocycles. The van der Waals surface area contributed by atoms with Crippen LogP contribution < -0.4 is 0 Å². The SMILES string of the molecule is C[N+]1=C2N(CCN2Cc2cc(C(C)(C)C)cc(C=NC3CCCCC3N=Cc3cc(C(C)(C)C)cc(C(C)(C)C)c3O)c2O)CC1. The number of fused-ring (bicyclic) bond motifs is 1. The summed E-state index contributed by atoms with van der Waals surface area (Å²) < 4.78 is 2.33. The number of rotatable bonds is 6. The Balaban J connectivity index is 1.44. The van der Waals surface area contributed by atoms with Gasteiger partial charge < -0.3 is 10.2 Å². The summed E-state index contributed by atoms with van der Waals surface area (Å²) in [6.07, 6.45) is 7.92. The van der Waals surface area contributed by atoms with E-state index < -0.39 is 0 Å². The third-order valence-corrected chi connectivity index (χ3v) is 10.0. The van der Waals surface area contributed by atoms with Gasteiger partial charge in [-0.05, 0) is 58.4 Å². The predicted molar refractivity (Wildman–Crippen MR) is 192 cm³/mol. The van der Waals surface area contributed by atoms with Crippen LogP contribution in [0.25, 0.3) is 0 Å². The molecule has 7 nitrogen and oxygen atoms in total. The fraction of sp³-hybridized carbons (Fsp3) is 0.615.